The molecule has 0 radical (unpaired) electrons. The normalized spacial score (nSPS) is 15.6. The zero-order valence-corrected chi connectivity index (χ0v) is 22.7. The Labute approximate surface area is 220 Å². The van der Waals surface area contributed by atoms with Crippen molar-refractivity contribution in [2.24, 2.45) is 7.05 Å². The van der Waals surface area contributed by atoms with Crippen molar-refractivity contribution in [2.75, 3.05) is 23.7 Å². The lowest BCUT2D eigenvalue weighted by Crippen LogP contribution is -2.31. The summed E-state index contributed by atoms with van der Waals surface area (Å²) in [5.74, 6) is -0.570. The van der Waals surface area contributed by atoms with Crippen molar-refractivity contribution < 1.29 is 22.8 Å². The molecule has 1 saturated heterocycles. The topological polar surface area (TPSA) is 118 Å². The fourth-order valence-electron chi connectivity index (χ4n) is 3.41. The summed E-state index contributed by atoms with van der Waals surface area (Å²) < 4.78 is 41.1. The predicted octanol–water partition coefficient (Wildman–Crippen LogP) is 4.56. The molecule has 0 saturated carbocycles. The zero-order valence-electron chi connectivity index (χ0n) is 22.7. The summed E-state index contributed by atoms with van der Waals surface area (Å²) in [5.41, 5.74) is -1.30. The van der Waals surface area contributed by atoms with E-state index in [1.54, 1.807) is 18.3 Å². The number of nitrogens with one attached hydrogen (secondary N) is 3. The third kappa shape index (κ3) is 8.54. The summed E-state index contributed by atoms with van der Waals surface area (Å²) >= 11 is 0. The van der Waals surface area contributed by atoms with Gasteiger partial charge in [-0.3, -0.25) is 14.3 Å². The monoisotopic (exact) mass is 538 g/mol. The Morgan fingerprint density at radius 2 is 1.87 bits per heavy atom. The first-order valence-corrected chi connectivity index (χ1v) is 12.6. The number of hydrogen-bond acceptors (Lipinski definition) is 7. The van der Waals surface area contributed by atoms with Gasteiger partial charge in [0.15, 0.2) is 17.1 Å². The Bertz CT molecular complexity index is 1200. The Morgan fingerprint density at radius 1 is 1.18 bits per heavy atom. The Balaban J connectivity index is 0.000000491. The molecule has 10 nitrogen and oxygen atoms in total. The van der Waals surface area contributed by atoms with Gasteiger partial charge in [0.2, 0.25) is 5.95 Å². The molecule has 1 aliphatic rings. The second-order valence-electron chi connectivity index (χ2n) is 9.06. The van der Waals surface area contributed by atoms with E-state index in [0.717, 1.165) is 32.4 Å². The highest BCUT2D eigenvalue weighted by atomic mass is 19.3. The predicted molar refractivity (Wildman–Crippen MR) is 140 cm³/mol. The van der Waals surface area contributed by atoms with Crippen LogP contribution < -0.4 is 16.0 Å². The molecule has 0 aliphatic carbocycles. The number of carbonyl (C=O) groups excluding carboxylic acids is 2. The molecule has 210 valence electrons. The Kier molecular flexibility index (Phi) is 11.2. The number of rotatable bonds is 6. The van der Waals surface area contributed by atoms with Gasteiger partial charge in [-0.25, -0.2) is 22.7 Å². The third-order valence-electron chi connectivity index (χ3n) is 5.66. The first kappa shape index (κ1) is 30.7. The lowest BCUT2D eigenvalue weighted by Gasteiger charge is -2.16. The number of nitrogens with zero attached hydrogens (tertiary/aromatic N) is 5. The molecule has 3 aromatic rings. The molecule has 13 heteroatoms. The smallest absolute Gasteiger partial charge is 0.284 e. The highest BCUT2D eigenvalue weighted by Crippen LogP contribution is 2.25. The second kappa shape index (κ2) is 13.9. The van der Waals surface area contributed by atoms with Gasteiger partial charge in [-0.2, -0.15) is 5.10 Å². The fourth-order valence-corrected chi connectivity index (χ4v) is 3.41. The average molecular weight is 539 g/mol. The van der Waals surface area contributed by atoms with Crippen molar-refractivity contribution in [3.05, 3.63) is 35.9 Å². The van der Waals surface area contributed by atoms with Gasteiger partial charge in [0.25, 0.3) is 12.3 Å². The Hall–Kier alpha value is -3.48. The Morgan fingerprint density at radius 3 is 2.50 bits per heavy atom. The van der Waals surface area contributed by atoms with Crippen LogP contribution in [0.2, 0.25) is 0 Å². The van der Waals surface area contributed by atoms with Crippen molar-refractivity contribution in [1.29, 1.82) is 0 Å². The number of aryl methyl sites for hydroxylation is 1. The number of fused-ring (bicyclic) bond motifs is 1. The van der Waals surface area contributed by atoms with Gasteiger partial charge in [-0.1, -0.05) is 20.3 Å². The lowest BCUT2D eigenvalue weighted by atomic mass is 10.1. The van der Waals surface area contributed by atoms with E-state index >= 15 is 0 Å². The van der Waals surface area contributed by atoms with Crippen LogP contribution in [0.15, 0.2) is 24.5 Å². The molecule has 0 bridgehead atoms. The SMILES string of the molecule is CC.CC(=O)C(C)(C)F.Cn1cc(NC(=O)c2ccc3cnc(NC4CCCCNC4)nn23)c(C(F)F)n1. The van der Waals surface area contributed by atoms with E-state index in [9.17, 15) is 22.8 Å². The third-order valence-corrected chi connectivity index (χ3v) is 5.66. The maximum atomic E-state index is 13.1. The first-order valence-electron chi connectivity index (χ1n) is 12.6. The van der Waals surface area contributed by atoms with Gasteiger partial charge in [0, 0.05) is 25.8 Å². The summed E-state index contributed by atoms with van der Waals surface area (Å²) in [6, 6.07) is 3.48. The molecule has 3 aromatic heterocycles. The fraction of sp³-hybridized carbons (Fsp3) is 0.560. The molecule has 1 unspecified atom stereocenters. The van der Waals surface area contributed by atoms with E-state index in [4.69, 9.17) is 0 Å². The van der Waals surface area contributed by atoms with Crippen LogP contribution >= 0.6 is 0 Å². The molecule has 0 aromatic carbocycles. The molecule has 4 rings (SSSR count). The highest BCUT2D eigenvalue weighted by molar-refractivity contribution is 6.04. The molecule has 1 amide bonds. The summed E-state index contributed by atoms with van der Waals surface area (Å²) in [6.07, 6.45) is 3.42. The van der Waals surface area contributed by atoms with Crippen molar-refractivity contribution in [3.8, 4) is 0 Å². The minimum Gasteiger partial charge on any atom is -0.349 e. The number of Topliss-reactive ketones (excluding diaryl/α,β-unsaturated/α-hetero) is 1. The van der Waals surface area contributed by atoms with Gasteiger partial charge >= 0.3 is 0 Å². The molecule has 3 N–H and O–H groups in total. The highest BCUT2D eigenvalue weighted by Gasteiger charge is 2.22. The van der Waals surface area contributed by atoms with Gasteiger partial charge in [-0.05, 0) is 52.3 Å². The summed E-state index contributed by atoms with van der Waals surface area (Å²) in [4.78, 5) is 27.1. The maximum absolute atomic E-state index is 13.1. The number of carbonyl (C=O) groups is 2. The van der Waals surface area contributed by atoms with Crippen molar-refractivity contribution in [3.63, 3.8) is 0 Å². The van der Waals surface area contributed by atoms with E-state index in [-0.39, 0.29) is 17.4 Å². The number of aromatic nitrogens is 5. The van der Waals surface area contributed by atoms with E-state index < -0.39 is 29.5 Å². The van der Waals surface area contributed by atoms with Crippen LogP contribution in [0.4, 0.5) is 24.8 Å². The maximum Gasteiger partial charge on any atom is 0.284 e. The average Bonchev–Trinajstić information content (AvgIpc) is 3.34. The van der Waals surface area contributed by atoms with E-state index in [2.05, 4.69) is 31.1 Å². The van der Waals surface area contributed by atoms with Gasteiger partial charge in [0.1, 0.15) is 5.69 Å². The molecular weight excluding hydrogens is 501 g/mol. The summed E-state index contributed by atoms with van der Waals surface area (Å²) in [7, 11) is 1.52. The van der Waals surface area contributed by atoms with Gasteiger partial charge < -0.3 is 16.0 Å². The van der Waals surface area contributed by atoms with Crippen LogP contribution in [0.25, 0.3) is 5.52 Å². The first-order chi connectivity index (χ1) is 18.0. The van der Waals surface area contributed by atoms with E-state index in [1.165, 1.54) is 43.2 Å². The molecule has 38 heavy (non-hydrogen) atoms. The van der Waals surface area contributed by atoms with Crippen molar-refractivity contribution in [1.82, 2.24) is 29.7 Å². The molecule has 1 fully saturated rings. The van der Waals surface area contributed by atoms with Crippen LogP contribution in [-0.4, -0.2) is 60.9 Å². The largest absolute Gasteiger partial charge is 0.349 e. The van der Waals surface area contributed by atoms with Crippen molar-refractivity contribution >= 4 is 28.8 Å². The second-order valence-corrected chi connectivity index (χ2v) is 9.06. The number of amides is 1. The molecule has 1 atom stereocenters. The van der Waals surface area contributed by atoms with Crippen LogP contribution in [-0.2, 0) is 11.8 Å². The van der Waals surface area contributed by atoms with E-state index in [1.807, 2.05) is 13.8 Å². The van der Waals surface area contributed by atoms with Crippen molar-refractivity contribution in [2.45, 2.75) is 72.0 Å². The lowest BCUT2D eigenvalue weighted by molar-refractivity contribution is -0.126. The van der Waals surface area contributed by atoms with Crippen LogP contribution in [0, 0.1) is 0 Å². The van der Waals surface area contributed by atoms with Crippen LogP contribution in [0.3, 0.4) is 0 Å². The number of hydrogen-bond donors (Lipinski definition) is 3. The number of anilines is 2. The summed E-state index contributed by atoms with van der Waals surface area (Å²) in [6.45, 7) is 9.54. The standard InChI is InChI=1S/C18H22F2N8O.C5H9FO.C2H6/c1-27-10-13(15(25-27)16(19)20)24-17(29)14-6-5-12-9-22-18(26-28(12)14)23-11-4-2-3-7-21-8-11;1-4(7)5(2,3)6;1-2/h5-6,9-11,16,21H,2-4,7-8H2,1H3,(H,23,26)(H,24,29);1-3H3;1-2H3. The number of ketones is 1. The molecule has 4 heterocycles. The molecule has 0 spiro atoms. The minimum atomic E-state index is -2.79. The number of halogens is 3. The van der Waals surface area contributed by atoms with Gasteiger partial charge in [0.05, 0.1) is 17.4 Å². The molecule has 1 aliphatic heterocycles. The molecular formula is C25H37F3N8O2. The summed E-state index contributed by atoms with van der Waals surface area (Å²) in [5, 5.41) is 17.3. The van der Waals surface area contributed by atoms with Gasteiger partial charge in [-0.15, -0.1) is 5.10 Å². The van der Waals surface area contributed by atoms with Crippen LogP contribution in [0.1, 0.15) is 76.5 Å². The zero-order chi connectivity index (χ0) is 28.5. The van der Waals surface area contributed by atoms with E-state index in [0.29, 0.717) is 11.5 Å². The quantitative estimate of drug-likeness (QED) is 0.421. The number of alkyl halides is 3. The van der Waals surface area contributed by atoms with Crippen LogP contribution in [0.5, 0.6) is 0 Å². The minimum absolute atomic E-state index is 0.0283.